The lowest BCUT2D eigenvalue weighted by Crippen LogP contribution is -2.21. The molecule has 38 heavy (non-hydrogen) atoms. The molecular weight excluding hydrogens is 535 g/mol. The normalized spacial score (nSPS) is 12.5. The molecule has 4 aromatic rings. The number of nitrogens with zero attached hydrogens (tertiary/aromatic N) is 3. The van der Waals surface area contributed by atoms with Gasteiger partial charge in [-0.15, -0.1) is 0 Å². The predicted octanol–water partition coefficient (Wildman–Crippen LogP) is 4.34. The SMILES string of the molecule is O=C(O)C(F)(F)F.O=C(O)Cn1c(=O)oc2c3cc(cc21)Nc1nc(ncc1Cl)Nc1cccc(c1)CC3. The fourth-order valence-electron chi connectivity index (χ4n) is 3.64. The third kappa shape index (κ3) is 6.03. The fraction of sp³-hybridized carbons (Fsp3) is 0.174. The van der Waals surface area contributed by atoms with Crippen LogP contribution in [0.2, 0.25) is 5.02 Å². The van der Waals surface area contributed by atoms with Gasteiger partial charge < -0.3 is 25.3 Å². The van der Waals surface area contributed by atoms with E-state index in [2.05, 4.69) is 20.6 Å². The van der Waals surface area contributed by atoms with Gasteiger partial charge in [0.25, 0.3) is 0 Å². The number of carbonyl (C=O) groups is 2. The minimum Gasteiger partial charge on any atom is -0.480 e. The summed E-state index contributed by atoms with van der Waals surface area (Å²) in [7, 11) is 0. The Kier molecular flexibility index (Phi) is 7.26. The monoisotopic (exact) mass is 551 g/mol. The van der Waals surface area contributed by atoms with E-state index in [0.717, 1.165) is 21.4 Å². The first kappa shape index (κ1) is 26.5. The molecule has 0 aliphatic carbocycles. The minimum absolute atomic E-state index is 0.311. The summed E-state index contributed by atoms with van der Waals surface area (Å²) in [6.07, 6.45) is -2.34. The number of benzene rings is 2. The predicted molar refractivity (Wildman–Crippen MR) is 129 cm³/mol. The molecule has 0 radical (unpaired) electrons. The van der Waals surface area contributed by atoms with E-state index in [1.165, 1.54) is 6.20 Å². The number of carboxylic acid groups (broad SMARTS) is 2. The average molecular weight is 552 g/mol. The highest BCUT2D eigenvalue weighted by Gasteiger charge is 2.38. The number of hydrogen-bond acceptors (Lipinski definition) is 8. The van der Waals surface area contributed by atoms with E-state index >= 15 is 0 Å². The van der Waals surface area contributed by atoms with Crippen LogP contribution in [0.3, 0.4) is 0 Å². The number of aliphatic carboxylic acids is 2. The number of rotatable bonds is 2. The van der Waals surface area contributed by atoms with E-state index in [9.17, 15) is 27.9 Å². The highest BCUT2D eigenvalue weighted by atomic mass is 35.5. The first-order valence-corrected chi connectivity index (χ1v) is 11.1. The summed E-state index contributed by atoms with van der Waals surface area (Å²) in [5.74, 6) is -3.87. The van der Waals surface area contributed by atoms with Crippen molar-refractivity contribution in [3.05, 3.63) is 69.3 Å². The second-order valence-corrected chi connectivity index (χ2v) is 8.38. The average Bonchev–Trinajstić information content (AvgIpc) is 3.14. The van der Waals surface area contributed by atoms with Crippen molar-refractivity contribution < 1.29 is 37.4 Å². The van der Waals surface area contributed by atoms with Crippen molar-refractivity contribution in [3.63, 3.8) is 0 Å². The fourth-order valence-corrected chi connectivity index (χ4v) is 3.78. The molecule has 4 N–H and O–H groups in total. The lowest BCUT2D eigenvalue weighted by atomic mass is 10.0. The molecule has 6 bridgehead atoms. The Labute approximate surface area is 215 Å². The zero-order valence-electron chi connectivity index (χ0n) is 19.0. The third-order valence-electron chi connectivity index (χ3n) is 5.26. The van der Waals surface area contributed by atoms with Crippen molar-refractivity contribution in [2.45, 2.75) is 25.6 Å². The van der Waals surface area contributed by atoms with Gasteiger partial charge in [0, 0.05) is 11.4 Å². The summed E-state index contributed by atoms with van der Waals surface area (Å²) in [5, 5.41) is 23.0. The van der Waals surface area contributed by atoms with Gasteiger partial charge in [-0.1, -0.05) is 23.7 Å². The van der Waals surface area contributed by atoms with Gasteiger partial charge in [-0.2, -0.15) is 18.2 Å². The molecule has 0 unspecified atom stereocenters. The number of anilines is 4. The van der Waals surface area contributed by atoms with Gasteiger partial charge in [-0.25, -0.2) is 14.6 Å². The second-order valence-electron chi connectivity index (χ2n) is 7.97. The van der Waals surface area contributed by atoms with Crippen LogP contribution in [0.25, 0.3) is 11.1 Å². The number of halogens is 4. The van der Waals surface area contributed by atoms with Crippen LogP contribution in [0, 0.1) is 0 Å². The van der Waals surface area contributed by atoms with Gasteiger partial charge >= 0.3 is 23.9 Å². The topological polar surface area (TPSA) is 160 Å². The molecule has 15 heteroatoms. The largest absolute Gasteiger partial charge is 0.490 e. The second kappa shape index (κ2) is 10.4. The number of oxazole rings is 1. The van der Waals surface area contributed by atoms with Crippen molar-refractivity contribution in [1.82, 2.24) is 14.5 Å². The molecule has 5 rings (SSSR count). The summed E-state index contributed by atoms with van der Waals surface area (Å²) in [5.41, 5.74) is 4.03. The van der Waals surface area contributed by atoms with Crippen LogP contribution in [0.5, 0.6) is 0 Å². The number of alkyl halides is 3. The summed E-state index contributed by atoms with van der Waals surface area (Å²) in [6, 6.07) is 11.3. The summed E-state index contributed by atoms with van der Waals surface area (Å²) in [6.45, 7) is -0.501. The number of aryl methyl sites for hydroxylation is 2. The number of aromatic nitrogens is 3. The Morgan fingerprint density at radius 1 is 1.11 bits per heavy atom. The van der Waals surface area contributed by atoms with E-state index in [-0.39, 0.29) is 0 Å². The van der Waals surface area contributed by atoms with E-state index in [1.807, 2.05) is 30.3 Å². The lowest BCUT2D eigenvalue weighted by molar-refractivity contribution is -0.192. The Balaban J connectivity index is 0.000000426. The van der Waals surface area contributed by atoms with Crippen molar-refractivity contribution in [2.24, 2.45) is 0 Å². The molecule has 1 aliphatic heterocycles. The molecule has 1 aliphatic rings. The third-order valence-corrected chi connectivity index (χ3v) is 5.53. The van der Waals surface area contributed by atoms with Crippen LogP contribution >= 0.6 is 11.6 Å². The van der Waals surface area contributed by atoms with Crippen molar-refractivity contribution in [2.75, 3.05) is 10.6 Å². The van der Waals surface area contributed by atoms with Gasteiger partial charge in [0.15, 0.2) is 11.4 Å². The molecule has 0 spiro atoms. The van der Waals surface area contributed by atoms with Gasteiger partial charge in [0.05, 0.1) is 11.7 Å². The standard InChI is InChI=1S/C21H16ClN5O4.C2HF3O2/c22-15-9-23-20-25-13-3-1-2-11(6-13)4-5-12-7-14(24-19(15)26-20)8-16-18(12)31-21(30)27(16)10-17(28)29;3-2(4,5)1(6)7/h1-3,6-9H,4-5,10H2,(H,28,29)(H2,23,24,25,26);(H,6,7). The van der Waals surface area contributed by atoms with Crippen LogP contribution in [0.15, 0.2) is 51.8 Å². The maximum absolute atomic E-state index is 12.3. The number of nitrogens with one attached hydrogen (secondary N) is 2. The van der Waals surface area contributed by atoms with E-state index < -0.39 is 30.4 Å². The molecule has 0 fully saturated rings. The molecule has 0 saturated heterocycles. The van der Waals surface area contributed by atoms with Crippen molar-refractivity contribution in [1.29, 1.82) is 0 Å². The Hall–Kier alpha value is -4.59. The summed E-state index contributed by atoms with van der Waals surface area (Å²) in [4.78, 5) is 41.2. The van der Waals surface area contributed by atoms with Crippen LogP contribution in [-0.2, 0) is 29.0 Å². The Bertz CT molecular complexity index is 1600. The first-order chi connectivity index (χ1) is 17.9. The molecule has 0 atom stereocenters. The molecule has 11 nitrogen and oxygen atoms in total. The van der Waals surface area contributed by atoms with E-state index in [4.69, 9.17) is 25.9 Å². The van der Waals surface area contributed by atoms with Gasteiger partial charge in [0.1, 0.15) is 11.6 Å². The Morgan fingerprint density at radius 3 is 2.53 bits per heavy atom. The number of fused-ring (bicyclic) bond motifs is 8. The molecule has 198 valence electrons. The molecule has 0 amide bonds. The van der Waals surface area contributed by atoms with Crippen molar-refractivity contribution >= 4 is 57.8 Å². The molecular formula is C23H17ClF3N5O6. The molecule has 3 heterocycles. The summed E-state index contributed by atoms with van der Waals surface area (Å²) < 4.78 is 38.3. The first-order valence-electron chi connectivity index (χ1n) is 10.7. The quantitative estimate of drug-likeness (QED) is 0.282. The zero-order valence-corrected chi connectivity index (χ0v) is 19.8. The minimum atomic E-state index is -5.08. The Morgan fingerprint density at radius 2 is 1.84 bits per heavy atom. The zero-order chi connectivity index (χ0) is 27.6. The van der Waals surface area contributed by atoms with E-state index in [1.54, 1.807) is 6.07 Å². The van der Waals surface area contributed by atoms with Crippen LogP contribution in [-0.4, -0.2) is 42.9 Å². The van der Waals surface area contributed by atoms with Gasteiger partial charge in [0.2, 0.25) is 5.95 Å². The highest BCUT2D eigenvalue weighted by Crippen LogP contribution is 2.30. The highest BCUT2D eigenvalue weighted by molar-refractivity contribution is 6.32. The number of hydrogen-bond donors (Lipinski definition) is 4. The number of carboxylic acids is 2. The van der Waals surface area contributed by atoms with Gasteiger partial charge in [-0.3, -0.25) is 9.36 Å². The maximum atomic E-state index is 12.3. The lowest BCUT2D eigenvalue weighted by Gasteiger charge is -2.11. The van der Waals surface area contributed by atoms with Crippen LogP contribution in [0.1, 0.15) is 11.1 Å². The van der Waals surface area contributed by atoms with Gasteiger partial charge in [-0.05, 0) is 48.2 Å². The summed E-state index contributed by atoms with van der Waals surface area (Å²) >= 11 is 6.29. The maximum Gasteiger partial charge on any atom is 0.490 e. The van der Waals surface area contributed by atoms with Crippen molar-refractivity contribution in [3.8, 4) is 0 Å². The molecule has 0 saturated carbocycles. The molecule has 2 aromatic heterocycles. The smallest absolute Gasteiger partial charge is 0.480 e. The van der Waals surface area contributed by atoms with Crippen LogP contribution in [0.4, 0.5) is 36.3 Å². The van der Waals surface area contributed by atoms with E-state index in [0.29, 0.717) is 46.4 Å². The van der Waals surface area contributed by atoms with Crippen LogP contribution < -0.4 is 16.4 Å². The molecule has 2 aromatic carbocycles.